The van der Waals surface area contributed by atoms with Crippen molar-refractivity contribution in [3.05, 3.63) is 69.5 Å². The lowest BCUT2D eigenvalue weighted by molar-refractivity contribution is -0.139. The predicted molar refractivity (Wildman–Crippen MR) is 123 cm³/mol. The second kappa shape index (κ2) is 10.5. The largest absolute Gasteiger partial charge is 0.480 e. The van der Waals surface area contributed by atoms with Crippen LogP contribution in [0.4, 0.5) is 0 Å². The molecule has 31 heavy (non-hydrogen) atoms. The molecular formula is C21H22Cl2N3O4S+. The first-order valence-corrected chi connectivity index (χ1v) is 11.8. The lowest BCUT2D eigenvalue weighted by Gasteiger charge is -2.20. The monoisotopic (exact) mass is 482 g/mol. The summed E-state index contributed by atoms with van der Waals surface area (Å²) in [6.45, 7) is 1.44. The Balaban J connectivity index is 1.68. The molecular weight excluding hydrogens is 461 g/mol. The van der Waals surface area contributed by atoms with Crippen LogP contribution in [-0.4, -0.2) is 56.2 Å². The van der Waals surface area contributed by atoms with Gasteiger partial charge in [-0.1, -0.05) is 45.7 Å². The summed E-state index contributed by atoms with van der Waals surface area (Å²) in [5, 5.41) is 12.3. The number of benzene rings is 1. The van der Waals surface area contributed by atoms with Gasteiger partial charge in [0, 0.05) is 18.3 Å². The lowest BCUT2D eigenvalue weighted by atomic mass is 10.0. The number of halogens is 2. The first kappa shape index (κ1) is 23.6. The Hall–Kier alpha value is -2.10. The highest BCUT2D eigenvalue weighted by Crippen LogP contribution is 2.25. The maximum Gasteiger partial charge on any atom is 0.326 e. The van der Waals surface area contributed by atoms with E-state index in [2.05, 4.69) is 16.4 Å². The van der Waals surface area contributed by atoms with E-state index < -0.39 is 29.3 Å². The van der Waals surface area contributed by atoms with Crippen LogP contribution in [0.15, 0.2) is 42.6 Å². The van der Waals surface area contributed by atoms with Crippen LogP contribution in [-0.2, 0) is 22.6 Å². The van der Waals surface area contributed by atoms with Crippen LogP contribution in [0.25, 0.3) is 5.57 Å². The van der Waals surface area contributed by atoms with Crippen LogP contribution < -0.4 is 5.32 Å². The fourth-order valence-electron chi connectivity index (χ4n) is 3.24. The molecule has 1 unspecified atom stereocenters. The molecule has 2 aromatic rings. The van der Waals surface area contributed by atoms with Crippen molar-refractivity contribution in [1.29, 1.82) is 0 Å². The van der Waals surface area contributed by atoms with Crippen molar-refractivity contribution in [2.75, 3.05) is 19.3 Å². The Morgan fingerprint density at radius 1 is 1.26 bits per heavy atom. The van der Waals surface area contributed by atoms with Gasteiger partial charge in [-0.2, -0.15) is 4.55 Å². The van der Waals surface area contributed by atoms with Crippen molar-refractivity contribution in [2.24, 2.45) is 0 Å². The summed E-state index contributed by atoms with van der Waals surface area (Å²) < 4.78 is 11.7. The molecule has 0 bridgehead atoms. The average Bonchev–Trinajstić information content (AvgIpc) is 2.73. The van der Waals surface area contributed by atoms with Crippen molar-refractivity contribution in [3.8, 4) is 0 Å². The molecule has 1 aliphatic heterocycles. The van der Waals surface area contributed by atoms with Crippen LogP contribution in [0, 0.1) is 0 Å². The van der Waals surface area contributed by atoms with Gasteiger partial charge in [-0.25, -0.2) is 4.79 Å². The third-order valence-electron chi connectivity index (χ3n) is 4.95. The Morgan fingerprint density at radius 3 is 2.48 bits per heavy atom. The molecule has 1 aromatic heterocycles. The van der Waals surface area contributed by atoms with Gasteiger partial charge in [0.2, 0.25) is 11.4 Å². The van der Waals surface area contributed by atoms with Crippen LogP contribution in [0.5, 0.6) is 0 Å². The topological polar surface area (TPSA) is 103 Å². The summed E-state index contributed by atoms with van der Waals surface area (Å²) in [4.78, 5) is 28.6. The third-order valence-corrected chi connectivity index (χ3v) is 6.66. The summed E-state index contributed by atoms with van der Waals surface area (Å²) in [5.74, 6) is -1.84. The van der Waals surface area contributed by atoms with E-state index in [0.717, 1.165) is 24.1 Å². The lowest BCUT2D eigenvalue weighted by Crippen LogP contribution is -2.42. The molecule has 10 heteroatoms. The van der Waals surface area contributed by atoms with Crippen molar-refractivity contribution in [2.45, 2.75) is 18.9 Å². The molecule has 0 aliphatic carbocycles. The Morgan fingerprint density at radius 2 is 1.97 bits per heavy atom. The molecule has 1 amide bonds. The number of carbonyl (C=O) groups is 2. The summed E-state index contributed by atoms with van der Waals surface area (Å²) >= 11 is 11.3. The zero-order valence-electron chi connectivity index (χ0n) is 16.7. The van der Waals surface area contributed by atoms with Crippen molar-refractivity contribution in [1.82, 2.24) is 14.6 Å². The summed E-state index contributed by atoms with van der Waals surface area (Å²) in [7, 11) is 0. The maximum atomic E-state index is 12.5. The van der Waals surface area contributed by atoms with Crippen LogP contribution in [0.3, 0.4) is 0 Å². The van der Waals surface area contributed by atoms with Gasteiger partial charge in [-0.3, -0.25) is 9.78 Å². The zero-order chi connectivity index (χ0) is 22.5. The van der Waals surface area contributed by atoms with Gasteiger partial charge in [0.05, 0.1) is 28.7 Å². The van der Waals surface area contributed by atoms with Crippen LogP contribution in [0.2, 0.25) is 10.0 Å². The number of carboxylic acids is 1. The number of carboxylic acid groups (broad SMARTS) is 1. The highest BCUT2D eigenvalue weighted by atomic mass is 35.5. The summed E-state index contributed by atoms with van der Waals surface area (Å²) in [6, 6.07) is 7.08. The number of nitrogens with zero attached hydrogens (tertiary/aromatic N) is 2. The Bertz CT molecular complexity index is 978. The predicted octanol–water partition coefficient (Wildman–Crippen LogP) is 3.54. The Labute approximate surface area is 193 Å². The van der Waals surface area contributed by atoms with E-state index in [1.165, 1.54) is 12.1 Å². The molecule has 0 saturated carbocycles. The number of aromatic nitrogens is 1. The molecule has 0 fully saturated rings. The van der Waals surface area contributed by atoms with Crippen LogP contribution in [0.1, 0.15) is 28.0 Å². The number of nitrogens with one attached hydrogen (secondary N) is 1. The minimum atomic E-state index is -1.19. The fraction of sp³-hybridized carbons (Fsp3) is 0.286. The third kappa shape index (κ3) is 5.99. The fourth-order valence-corrected chi connectivity index (χ4v) is 4.46. The number of pyridine rings is 1. The molecule has 0 radical (unpaired) electrons. The highest BCUT2D eigenvalue weighted by Gasteiger charge is 2.26. The minimum Gasteiger partial charge on any atom is -0.480 e. The van der Waals surface area contributed by atoms with Gasteiger partial charge >= 0.3 is 5.97 Å². The van der Waals surface area contributed by atoms with E-state index >= 15 is 0 Å². The number of carbonyl (C=O) groups excluding carboxylic acids is 1. The molecule has 1 aromatic carbocycles. The Kier molecular flexibility index (Phi) is 7.96. The molecule has 164 valence electrons. The molecule has 3 N–H and O–H groups in total. The van der Waals surface area contributed by atoms with Crippen molar-refractivity contribution >= 4 is 52.0 Å². The normalized spacial score (nSPS) is 16.3. The van der Waals surface area contributed by atoms with E-state index in [1.807, 2.05) is 10.4 Å². The highest BCUT2D eigenvalue weighted by molar-refractivity contribution is 7.88. The quantitative estimate of drug-likeness (QED) is 0.521. The van der Waals surface area contributed by atoms with Gasteiger partial charge in [0.1, 0.15) is 6.04 Å². The first-order chi connectivity index (χ1) is 14.8. The maximum absolute atomic E-state index is 12.5. The smallest absolute Gasteiger partial charge is 0.326 e. The molecule has 0 saturated heterocycles. The number of rotatable bonds is 7. The van der Waals surface area contributed by atoms with Crippen molar-refractivity contribution < 1.29 is 19.2 Å². The molecule has 7 nitrogen and oxygen atoms in total. The number of hydrogen-bond donors (Lipinski definition) is 3. The second-order valence-corrected chi connectivity index (χ2v) is 9.24. The summed E-state index contributed by atoms with van der Waals surface area (Å²) in [5.41, 5.74) is 2.66. The second-order valence-electron chi connectivity index (χ2n) is 7.02. The molecule has 3 rings (SSSR count). The van der Waals surface area contributed by atoms with E-state index in [9.17, 15) is 19.2 Å². The molecule has 0 spiro atoms. The SMILES string of the molecule is C[S+](O)N1CC=C(c2ccc(C[C@H](NC(=O)c3c(Cl)cccc3Cl)C(=O)O)nc2)CC1. The summed E-state index contributed by atoms with van der Waals surface area (Å²) in [6.07, 6.45) is 6.35. The van der Waals surface area contributed by atoms with E-state index in [0.29, 0.717) is 12.2 Å². The van der Waals surface area contributed by atoms with E-state index in [1.54, 1.807) is 24.6 Å². The van der Waals surface area contributed by atoms with Crippen LogP contribution >= 0.6 is 23.2 Å². The zero-order valence-corrected chi connectivity index (χ0v) is 19.0. The molecule has 1 aliphatic rings. The van der Waals surface area contributed by atoms with Gasteiger partial charge < -0.3 is 10.4 Å². The minimum absolute atomic E-state index is 0.0133. The van der Waals surface area contributed by atoms with Gasteiger partial charge in [-0.15, -0.1) is 0 Å². The standard InChI is InChI=1S/C21H21Cl2N3O4S/c1-31(30)26-9-7-13(8-10-26)14-5-6-15(24-12-14)11-18(21(28)29)25-20(27)19-16(22)3-2-4-17(19)23/h2-7,12,18,30H,8-11H2,1H3,(H-,25,27,28,29)/p+1/t18-,31?/m0/s1. The van der Waals surface area contributed by atoms with Gasteiger partial charge in [-0.05, 0) is 35.8 Å². The average molecular weight is 483 g/mol. The van der Waals surface area contributed by atoms with E-state index in [-0.39, 0.29) is 22.0 Å². The van der Waals surface area contributed by atoms with Gasteiger partial charge in [0.25, 0.3) is 5.91 Å². The first-order valence-electron chi connectivity index (χ1n) is 9.48. The number of amides is 1. The van der Waals surface area contributed by atoms with Crippen molar-refractivity contribution in [3.63, 3.8) is 0 Å². The van der Waals surface area contributed by atoms with Gasteiger partial charge in [0.15, 0.2) is 6.26 Å². The molecule has 2 atom stereocenters. The number of aliphatic carboxylic acids is 1. The molecule has 2 heterocycles. The number of hydrogen-bond acceptors (Lipinski definition) is 5. The van der Waals surface area contributed by atoms with E-state index in [4.69, 9.17) is 23.2 Å².